The molecule has 1 atom stereocenters. The van der Waals surface area contributed by atoms with E-state index >= 15 is 0 Å². The average molecular weight is 316 g/mol. The number of nitrogens with zero attached hydrogens (tertiary/aromatic N) is 4. The van der Waals surface area contributed by atoms with E-state index in [9.17, 15) is 20.0 Å². The lowest BCUT2D eigenvalue weighted by molar-refractivity contribution is -0.384. The summed E-state index contributed by atoms with van der Waals surface area (Å²) >= 11 is 0. The standard InChI is InChI=1S/C15H16N4O4/c20-14-9-11(19(22)23)4-5-13(14)15(21)17-7-1-3-12(10-17)18-8-2-6-16-18/h2,4-6,8-9,12,20H,1,3,7,10H2/t12-/m1/s1. The van der Waals surface area contributed by atoms with Crippen molar-refractivity contribution in [2.24, 2.45) is 0 Å². The van der Waals surface area contributed by atoms with Gasteiger partial charge >= 0.3 is 0 Å². The Hall–Kier alpha value is -2.90. The van der Waals surface area contributed by atoms with Crippen LogP contribution in [-0.4, -0.2) is 43.7 Å². The Morgan fingerprint density at radius 2 is 2.26 bits per heavy atom. The maximum Gasteiger partial charge on any atom is 0.273 e. The number of carbonyl (C=O) groups excluding carboxylic acids is 1. The number of benzene rings is 1. The van der Waals surface area contributed by atoms with Crippen LogP contribution in [-0.2, 0) is 0 Å². The maximum absolute atomic E-state index is 12.6. The predicted molar refractivity (Wildman–Crippen MR) is 81.2 cm³/mol. The van der Waals surface area contributed by atoms with E-state index in [2.05, 4.69) is 5.10 Å². The summed E-state index contributed by atoms with van der Waals surface area (Å²) in [5, 5.41) is 24.8. The molecule has 2 aromatic rings. The van der Waals surface area contributed by atoms with Crippen molar-refractivity contribution in [3.8, 4) is 5.75 Å². The number of non-ortho nitro benzene ring substituents is 1. The van der Waals surface area contributed by atoms with Crippen molar-refractivity contribution in [2.75, 3.05) is 13.1 Å². The fourth-order valence-corrected chi connectivity index (χ4v) is 2.84. The fraction of sp³-hybridized carbons (Fsp3) is 0.333. The number of piperidine rings is 1. The number of hydrogen-bond donors (Lipinski definition) is 1. The Labute approximate surface area is 132 Å². The summed E-state index contributed by atoms with van der Waals surface area (Å²) in [5.74, 6) is -0.695. The predicted octanol–water partition coefficient (Wildman–Crippen LogP) is 1.97. The molecule has 0 saturated carbocycles. The third-order valence-electron chi connectivity index (χ3n) is 4.01. The van der Waals surface area contributed by atoms with Crippen molar-refractivity contribution < 1.29 is 14.8 Å². The Morgan fingerprint density at radius 1 is 1.43 bits per heavy atom. The zero-order valence-electron chi connectivity index (χ0n) is 12.3. The van der Waals surface area contributed by atoms with Gasteiger partial charge in [-0.2, -0.15) is 5.10 Å². The minimum Gasteiger partial charge on any atom is -0.507 e. The number of aromatic hydroxyl groups is 1. The molecule has 2 heterocycles. The molecule has 23 heavy (non-hydrogen) atoms. The second-order valence-electron chi connectivity index (χ2n) is 5.49. The largest absolute Gasteiger partial charge is 0.507 e. The molecule has 1 aromatic carbocycles. The molecule has 1 fully saturated rings. The van der Waals surface area contributed by atoms with Crippen molar-refractivity contribution in [1.82, 2.24) is 14.7 Å². The minimum atomic E-state index is -0.609. The Bertz CT molecular complexity index is 729. The zero-order chi connectivity index (χ0) is 16.4. The first-order valence-electron chi connectivity index (χ1n) is 7.32. The van der Waals surface area contributed by atoms with Crippen molar-refractivity contribution in [1.29, 1.82) is 0 Å². The molecular formula is C15H16N4O4. The quantitative estimate of drug-likeness (QED) is 0.689. The number of phenols is 1. The molecule has 1 aromatic heterocycles. The number of phenolic OH excluding ortho intramolecular Hbond substituents is 1. The molecule has 120 valence electrons. The van der Waals surface area contributed by atoms with Gasteiger partial charge in [0.25, 0.3) is 11.6 Å². The van der Waals surface area contributed by atoms with E-state index < -0.39 is 4.92 Å². The molecule has 0 unspecified atom stereocenters. The minimum absolute atomic E-state index is 0.0803. The van der Waals surface area contributed by atoms with Gasteiger partial charge in [0, 0.05) is 31.5 Å². The third-order valence-corrected chi connectivity index (χ3v) is 4.01. The summed E-state index contributed by atoms with van der Waals surface area (Å²) < 4.78 is 1.83. The van der Waals surface area contributed by atoms with E-state index in [1.807, 2.05) is 16.9 Å². The molecule has 1 amide bonds. The monoisotopic (exact) mass is 316 g/mol. The first-order chi connectivity index (χ1) is 11.1. The number of nitro groups is 1. The lowest BCUT2D eigenvalue weighted by Crippen LogP contribution is -2.40. The Morgan fingerprint density at radius 3 is 2.91 bits per heavy atom. The topological polar surface area (TPSA) is 101 Å². The second kappa shape index (κ2) is 6.07. The molecule has 0 radical (unpaired) electrons. The van der Waals surface area contributed by atoms with Crippen LogP contribution in [0.1, 0.15) is 29.2 Å². The van der Waals surface area contributed by atoms with Crippen molar-refractivity contribution in [3.05, 3.63) is 52.3 Å². The highest BCUT2D eigenvalue weighted by molar-refractivity contribution is 5.97. The molecule has 1 aliphatic rings. The molecule has 1 N–H and O–H groups in total. The number of aromatic nitrogens is 2. The first-order valence-corrected chi connectivity index (χ1v) is 7.32. The number of likely N-dealkylation sites (tertiary alicyclic amines) is 1. The van der Waals surface area contributed by atoms with Crippen LogP contribution in [0.15, 0.2) is 36.7 Å². The van der Waals surface area contributed by atoms with E-state index in [-0.39, 0.29) is 28.9 Å². The van der Waals surface area contributed by atoms with Gasteiger partial charge in [-0.1, -0.05) is 0 Å². The van der Waals surface area contributed by atoms with Crippen molar-refractivity contribution >= 4 is 11.6 Å². The van der Waals surface area contributed by atoms with Gasteiger partial charge in [-0.25, -0.2) is 0 Å². The van der Waals surface area contributed by atoms with Crippen molar-refractivity contribution in [3.63, 3.8) is 0 Å². The summed E-state index contributed by atoms with van der Waals surface area (Å²) in [7, 11) is 0. The molecule has 8 heteroatoms. The van der Waals surface area contributed by atoms with Crippen LogP contribution in [0, 0.1) is 10.1 Å². The highest BCUT2D eigenvalue weighted by Gasteiger charge is 2.27. The lowest BCUT2D eigenvalue weighted by Gasteiger charge is -2.33. The van der Waals surface area contributed by atoms with Gasteiger partial charge in [0.1, 0.15) is 5.75 Å². The summed E-state index contributed by atoms with van der Waals surface area (Å²) in [6, 6.07) is 5.46. The van der Waals surface area contributed by atoms with Gasteiger partial charge in [0.05, 0.1) is 22.6 Å². The molecule has 8 nitrogen and oxygen atoms in total. The normalized spacial score (nSPS) is 17.9. The van der Waals surface area contributed by atoms with E-state index in [4.69, 9.17) is 0 Å². The van der Waals surface area contributed by atoms with E-state index in [0.717, 1.165) is 18.9 Å². The summed E-state index contributed by atoms with van der Waals surface area (Å²) in [4.78, 5) is 24.3. The second-order valence-corrected chi connectivity index (χ2v) is 5.49. The number of amides is 1. The molecule has 0 aliphatic carbocycles. The van der Waals surface area contributed by atoms with Crippen LogP contribution >= 0.6 is 0 Å². The number of nitro benzene ring substituents is 1. The van der Waals surface area contributed by atoms with Crippen LogP contribution in [0.2, 0.25) is 0 Å². The van der Waals surface area contributed by atoms with Gasteiger partial charge in [-0.15, -0.1) is 0 Å². The molecule has 1 aliphatic heterocycles. The average Bonchev–Trinajstić information content (AvgIpc) is 3.08. The number of hydrogen-bond acceptors (Lipinski definition) is 5. The van der Waals surface area contributed by atoms with E-state index in [0.29, 0.717) is 13.1 Å². The van der Waals surface area contributed by atoms with Crippen LogP contribution in [0.4, 0.5) is 5.69 Å². The molecule has 1 saturated heterocycles. The molecule has 3 rings (SSSR count). The van der Waals surface area contributed by atoms with Crippen LogP contribution in [0.5, 0.6) is 5.75 Å². The number of carbonyl (C=O) groups is 1. The summed E-state index contributed by atoms with van der Waals surface area (Å²) in [5.41, 5.74) is -0.163. The third kappa shape index (κ3) is 3.01. The number of rotatable bonds is 3. The van der Waals surface area contributed by atoms with Gasteiger partial charge in [-0.3, -0.25) is 19.6 Å². The Balaban J connectivity index is 1.78. The SMILES string of the molecule is O=C(c1ccc([N+](=O)[O-])cc1O)N1CCC[C@@H](n2cccn2)C1. The summed E-state index contributed by atoms with van der Waals surface area (Å²) in [6.07, 6.45) is 5.33. The van der Waals surface area contributed by atoms with Gasteiger partial charge in [0.2, 0.25) is 0 Å². The highest BCUT2D eigenvalue weighted by atomic mass is 16.6. The van der Waals surface area contributed by atoms with Crippen molar-refractivity contribution in [2.45, 2.75) is 18.9 Å². The lowest BCUT2D eigenvalue weighted by atomic mass is 10.0. The van der Waals surface area contributed by atoms with Crippen LogP contribution in [0.3, 0.4) is 0 Å². The Kier molecular flexibility index (Phi) is 3.96. The van der Waals surface area contributed by atoms with Gasteiger partial charge < -0.3 is 10.0 Å². The molecular weight excluding hydrogens is 300 g/mol. The fourth-order valence-electron chi connectivity index (χ4n) is 2.84. The summed E-state index contributed by atoms with van der Waals surface area (Å²) in [6.45, 7) is 1.09. The molecule has 0 bridgehead atoms. The van der Waals surface area contributed by atoms with Crippen LogP contribution in [0.25, 0.3) is 0 Å². The first kappa shape index (κ1) is 15.0. The van der Waals surface area contributed by atoms with Gasteiger partial charge in [0.15, 0.2) is 0 Å². The van der Waals surface area contributed by atoms with E-state index in [1.54, 1.807) is 11.1 Å². The zero-order valence-corrected chi connectivity index (χ0v) is 12.3. The smallest absolute Gasteiger partial charge is 0.273 e. The maximum atomic E-state index is 12.6. The van der Waals surface area contributed by atoms with E-state index in [1.165, 1.54) is 12.1 Å². The molecule has 0 spiro atoms. The van der Waals surface area contributed by atoms with Crippen LogP contribution < -0.4 is 0 Å². The highest BCUT2D eigenvalue weighted by Crippen LogP contribution is 2.27. The van der Waals surface area contributed by atoms with Gasteiger partial charge in [-0.05, 0) is 25.0 Å².